The van der Waals surface area contributed by atoms with Crippen molar-refractivity contribution in [1.29, 1.82) is 0 Å². The highest BCUT2D eigenvalue weighted by molar-refractivity contribution is 14.1. The van der Waals surface area contributed by atoms with Crippen LogP contribution in [0.1, 0.15) is 19.4 Å². The molecule has 0 saturated carbocycles. The molecule has 0 unspecified atom stereocenters. The Balaban J connectivity index is 2.42. The summed E-state index contributed by atoms with van der Waals surface area (Å²) < 4.78 is 10.5. The van der Waals surface area contributed by atoms with Crippen molar-refractivity contribution in [3.63, 3.8) is 0 Å². The van der Waals surface area contributed by atoms with Gasteiger partial charge in [-0.3, -0.25) is 10.1 Å². The third-order valence-corrected chi connectivity index (χ3v) is 3.17. The number of nitro benzene ring substituents is 1. The minimum absolute atomic E-state index is 0.133. The van der Waals surface area contributed by atoms with E-state index >= 15 is 0 Å². The van der Waals surface area contributed by atoms with Crippen LogP contribution in [0.4, 0.5) is 5.69 Å². The summed E-state index contributed by atoms with van der Waals surface area (Å²) in [5, 5.41) is 10.8. The first kappa shape index (κ1) is 15.4. The molecule has 8 heteroatoms. The molecular weight excluding hydrogens is 393 g/mol. The molecule has 1 aromatic carbocycles. The summed E-state index contributed by atoms with van der Waals surface area (Å²) >= 11 is 1.91. The van der Waals surface area contributed by atoms with Gasteiger partial charge in [0.1, 0.15) is 5.57 Å². The van der Waals surface area contributed by atoms with E-state index in [2.05, 4.69) is 0 Å². The van der Waals surface area contributed by atoms with E-state index in [-0.39, 0.29) is 11.3 Å². The minimum Gasteiger partial charge on any atom is -0.419 e. The lowest BCUT2D eigenvalue weighted by Gasteiger charge is -2.29. The fraction of sp³-hybridized carbons (Fsp3) is 0.231. The van der Waals surface area contributed by atoms with E-state index in [9.17, 15) is 19.7 Å². The van der Waals surface area contributed by atoms with Gasteiger partial charge in [0.05, 0.1) is 4.92 Å². The maximum atomic E-state index is 11.8. The molecule has 0 aliphatic carbocycles. The first-order chi connectivity index (χ1) is 9.68. The molecule has 21 heavy (non-hydrogen) atoms. The summed E-state index contributed by atoms with van der Waals surface area (Å²) in [7, 11) is 0. The summed E-state index contributed by atoms with van der Waals surface area (Å²) in [6.45, 7) is 2.88. The molecular formula is C13H10INO6. The number of carbonyl (C=O) groups excluding carboxylic acids is 2. The monoisotopic (exact) mass is 403 g/mol. The molecule has 0 N–H and O–H groups in total. The van der Waals surface area contributed by atoms with Gasteiger partial charge < -0.3 is 9.47 Å². The Bertz CT molecular complexity index is 657. The van der Waals surface area contributed by atoms with Gasteiger partial charge in [-0.1, -0.05) is 0 Å². The zero-order valence-corrected chi connectivity index (χ0v) is 13.2. The van der Waals surface area contributed by atoms with Crippen molar-refractivity contribution in [3.8, 4) is 0 Å². The molecule has 7 nitrogen and oxygen atoms in total. The number of rotatable bonds is 2. The topological polar surface area (TPSA) is 95.7 Å². The number of carbonyl (C=O) groups is 2. The number of nitro groups is 1. The van der Waals surface area contributed by atoms with Crippen molar-refractivity contribution in [2.45, 2.75) is 19.6 Å². The van der Waals surface area contributed by atoms with Crippen molar-refractivity contribution in [3.05, 3.63) is 43.0 Å². The summed E-state index contributed by atoms with van der Waals surface area (Å²) in [5.74, 6) is -2.96. The number of cyclic esters (lactones) is 2. The van der Waals surface area contributed by atoms with Crippen molar-refractivity contribution in [1.82, 2.24) is 0 Å². The molecule has 0 amide bonds. The summed E-state index contributed by atoms with van der Waals surface area (Å²) in [6, 6.07) is 4.24. The maximum absolute atomic E-state index is 11.8. The first-order valence-electron chi connectivity index (χ1n) is 5.81. The second-order valence-corrected chi connectivity index (χ2v) is 5.98. The Labute approximate surface area is 133 Å². The molecule has 1 aliphatic heterocycles. The van der Waals surface area contributed by atoms with Crippen molar-refractivity contribution < 1.29 is 24.0 Å². The van der Waals surface area contributed by atoms with E-state index in [1.807, 2.05) is 22.6 Å². The van der Waals surface area contributed by atoms with Crippen LogP contribution >= 0.6 is 22.6 Å². The Morgan fingerprint density at radius 1 is 1.19 bits per heavy atom. The number of ether oxygens (including phenoxy) is 2. The van der Waals surface area contributed by atoms with Crippen LogP contribution in [0, 0.1) is 13.7 Å². The molecule has 1 aliphatic rings. The molecule has 0 spiro atoms. The zero-order valence-electron chi connectivity index (χ0n) is 11.1. The number of halogens is 1. The van der Waals surface area contributed by atoms with E-state index in [4.69, 9.17) is 9.47 Å². The van der Waals surface area contributed by atoms with E-state index in [1.54, 1.807) is 6.07 Å². The SMILES string of the molecule is CC1(C)OC(=O)C(=Cc2cc(I)cc([N+](=O)[O-])c2)C(=O)O1. The second-order valence-electron chi connectivity index (χ2n) is 4.74. The predicted octanol–water partition coefficient (Wildman–Crippen LogP) is 2.42. The molecule has 0 radical (unpaired) electrons. The molecule has 0 bridgehead atoms. The van der Waals surface area contributed by atoms with Gasteiger partial charge in [0.15, 0.2) is 0 Å². The highest BCUT2D eigenvalue weighted by atomic mass is 127. The highest BCUT2D eigenvalue weighted by Gasteiger charge is 2.38. The van der Waals surface area contributed by atoms with Crippen LogP contribution in [0.2, 0.25) is 0 Å². The van der Waals surface area contributed by atoms with E-state index in [0.717, 1.165) is 0 Å². The number of hydrogen-bond donors (Lipinski definition) is 0. The van der Waals surface area contributed by atoms with Crippen LogP contribution in [0.15, 0.2) is 23.8 Å². The Morgan fingerprint density at radius 3 is 2.29 bits per heavy atom. The molecule has 1 fully saturated rings. The molecule has 110 valence electrons. The van der Waals surface area contributed by atoms with Gasteiger partial charge in [-0.25, -0.2) is 9.59 Å². The van der Waals surface area contributed by atoms with Gasteiger partial charge in [0.25, 0.3) is 11.5 Å². The molecule has 2 rings (SSSR count). The predicted molar refractivity (Wildman–Crippen MR) is 80.1 cm³/mol. The molecule has 1 aromatic rings. The number of hydrogen-bond acceptors (Lipinski definition) is 6. The van der Waals surface area contributed by atoms with Crippen LogP contribution < -0.4 is 0 Å². The smallest absolute Gasteiger partial charge is 0.348 e. The third-order valence-electron chi connectivity index (χ3n) is 2.54. The van der Waals surface area contributed by atoms with Crippen LogP contribution in [0.25, 0.3) is 6.08 Å². The summed E-state index contributed by atoms with van der Waals surface area (Å²) in [6.07, 6.45) is 1.22. The van der Waals surface area contributed by atoms with E-state index in [1.165, 1.54) is 32.1 Å². The van der Waals surface area contributed by atoms with E-state index < -0.39 is 22.6 Å². The van der Waals surface area contributed by atoms with Gasteiger partial charge in [-0.15, -0.1) is 0 Å². The number of esters is 2. The molecule has 1 heterocycles. The number of benzene rings is 1. The van der Waals surface area contributed by atoms with Gasteiger partial charge in [0.2, 0.25) is 0 Å². The van der Waals surface area contributed by atoms with Gasteiger partial charge >= 0.3 is 11.9 Å². The Morgan fingerprint density at radius 2 is 1.76 bits per heavy atom. The largest absolute Gasteiger partial charge is 0.419 e. The lowest BCUT2D eigenvalue weighted by atomic mass is 10.1. The average Bonchev–Trinajstić information content (AvgIpc) is 2.32. The second kappa shape index (κ2) is 5.43. The number of nitrogens with zero attached hydrogens (tertiary/aromatic N) is 1. The van der Waals surface area contributed by atoms with Crippen LogP contribution in [-0.4, -0.2) is 22.6 Å². The van der Waals surface area contributed by atoms with E-state index in [0.29, 0.717) is 9.13 Å². The molecule has 0 aromatic heterocycles. The average molecular weight is 403 g/mol. The standard InChI is InChI=1S/C13H10INO6/c1-13(2)20-11(16)10(12(17)21-13)5-7-3-8(14)6-9(4-7)15(18)19/h3-6H,1-2H3. The van der Waals surface area contributed by atoms with Crippen molar-refractivity contribution >= 4 is 46.3 Å². The maximum Gasteiger partial charge on any atom is 0.348 e. The van der Waals surface area contributed by atoms with Crippen LogP contribution in [-0.2, 0) is 19.1 Å². The van der Waals surface area contributed by atoms with Crippen LogP contribution in [0.3, 0.4) is 0 Å². The minimum atomic E-state index is -1.32. The molecule has 1 saturated heterocycles. The highest BCUT2D eigenvalue weighted by Crippen LogP contribution is 2.26. The number of non-ortho nitro benzene ring substituents is 1. The lowest BCUT2D eigenvalue weighted by Crippen LogP contribution is -2.41. The van der Waals surface area contributed by atoms with Crippen LogP contribution in [0.5, 0.6) is 0 Å². The first-order valence-corrected chi connectivity index (χ1v) is 6.89. The normalized spacial score (nSPS) is 17.0. The fourth-order valence-corrected chi connectivity index (χ4v) is 2.41. The van der Waals surface area contributed by atoms with Crippen molar-refractivity contribution in [2.24, 2.45) is 0 Å². The third kappa shape index (κ3) is 3.57. The van der Waals surface area contributed by atoms with Gasteiger partial charge in [-0.05, 0) is 40.3 Å². The Kier molecular flexibility index (Phi) is 3.99. The fourth-order valence-electron chi connectivity index (χ4n) is 1.73. The van der Waals surface area contributed by atoms with Crippen molar-refractivity contribution in [2.75, 3.05) is 0 Å². The quantitative estimate of drug-likeness (QED) is 0.188. The lowest BCUT2D eigenvalue weighted by molar-refractivity contribution is -0.385. The van der Waals surface area contributed by atoms with Gasteiger partial charge in [0, 0.05) is 29.6 Å². The zero-order chi connectivity index (χ0) is 15.8. The summed E-state index contributed by atoms with van der Waals surface area (Å²) in [5.41, 5.74) is -0.0885. The summed E-state index contributed by atoms with van der Waals surface area (Å²) in [4.78, 5) is 33.9. The van der Waals surface area contributed by atoms with Gasteiger partial charge in [-0.2, -0.15) is 0 Å². The molecule has 0 atom stereocenters. The Hall–Kier alpha value is -1.97.